The molecule has 0 aliphatic heterocycles. The van der Waals surface area contributed by atoms with Crippen LogP contribution in [0.2, 0.25) is 0 Å². The van der Waals surface area contributed by atoms with Crippen molar-refractivity contribution in [2.75, 3.05) is 19.0 Å². The van der Waals surface area contributed by atoms with Gasteiger partial charge in [0, 0.05) is 11.3 Å². The Hall–Kier alpha value is -2.05. The topological polar surface area (TPSA) is 67.8 Å². The Morgan fingerprint density at radius 3 is 2.74 bits per heavy atom. The summed E-state index contributed by atoms with van der Waals surface area (Å²) in [6.07, 6.45) is 0. The first kappa shape index (κ1) is 17.3. The summed E-state index contributed by atoms with van der Waals surface area (Å²) >= 11 is 3.39. The van der Waals surface area contributed by atoms with E-state index < -0.39 is 0 Å². The molecule has 2 N–H and O–H groups in total. The summed E-state index contributed by atoms with van der Waals surface area (Å²) in [5, 5.41) is 12.0. The first-order valence-corrected chi connectivity index (χ1v) is 7.89. The number of aliphatic hydroxyl groups excluding tert-OH is 1. The van der Waals surface area contributed by atoms with E-state index in [1.165, 1.54) is 0 Å². The van der Waals surface area contributed by atoms with Crippen LogP contribution in [0.25, 0.3) is 0 Å². The van der Waals surface area contributed by atoms with Crippen molar-refractivity contribution in [2.45, 2.75) is 13.5 Å². The molecule has 0 aliphatic rings. The Morgan fingerprint density at radius 2 is 2.09 bits per heavy atom. The number of amides is 1. The lowest BCUT2D eigenvalue weighted by Crippen LogP contribution is -2.12. The Kier molecular flexibility index (Phi) is 6.01. The third-order valence-corrected chi connectivity index (χ3v) is 3.73. The number of carbonyl (C=O) groups is 1. The number of hydrogen-bond donors (Lipinski definition) is 2. The van der Waals surface area contributed by atoms with Crippen LogP contribution >= 0.6 is 15.9 Å². The van der Waals surface area contributed by atoms with Crippen molar-refractivity contribution >= 4 is 27.5 Å². The molecule has 5 nitrogen and oxygen atoms in total. The van der Waals surface area contributed by atoms with E-state index in [1.807, 2.05) is 6.92 Å². The maximum atomic E-state index is 12.4. The van der Waals surface area contributed by atoms with Gasteiger partial charge >= 0.3 is 0 Å². The van der Waals surface area contributed by atoms with Gasteiger partial charge in [-0.3, -0.25) is 4.79 Å². The van der Waals surface area contributed by atoms with Crippen molar-refractivity contribution in [3.05, 3.63) is 52.0 Å². The predicted octanol–water partition coefficient (Wildman–Crippen LogP) is 3.60. The lowest BCUT2D eigenvalue weighted by atomic mass is 10.1. The summed E-state index contributed by atoms with van der Waals surface area (Å²) in [6.45, 7) is 2.25. The molecule has 23 heavy (non-hydrogen) atoms. The number of rotatable bonds is 6. The van der Waals surface area contributed by atoms with Crippen LogP contribution in [0.5, 0.6) is 11.5 Å². The van der Waals surface area contributed by atoms with Crippen molar-refractivity contribution in [3.63, 3.8) is 0 Å². The van der Waals surface area contributed by atoms with Crippen LogP contribution in [-0.2, 0) is 6.61 Å². The minimum Gasteiger partial charge on any atom is -0.492 e. The highest BCUT2D eigenvalue weighted by atomic mass is 79.9. The fourth-order valence-electron chi connectivity index (χ4n) is 2.11. The minimum absolute atomic E-state index is 0.0771. The highest BCUT2D eigenvalue weighted by molar-refractivity contribution is 9.10. The summed E-state index contributed by atoms with van der Waals surface area (Å²) in [5.41, 5.74) is 1.79. The first-order valence-electron chi connectivity index (χ1n) is 7.10. The summed E-state index contributed by atoms with van der Waals surface area (Å²) in [6, 6.07) is 10.4. The van der Waals surface area contributed by atoms with E-state index in [0.29, 0.717) is 33.8 Å². The van der Waals surface area contributed by atoms with E-state index in [0.717, 1.165) is 5.56 Å². The van der Waals surface area contributed by atoms with Gasteiger partial charge in [0.2, 0.25) is 0 Å². The second kappa shape index (κ2) is 7.99. The van der Waals surface area contributed by atoms with Gasteiger partial charge in [-0.1, -0.05) is 12.1 Å². The summed E-state index contributed by atoms with van der Waals surface area (Å²) < 4.78 is 11.4. The molecule has 0 spiro atoms. The van der Waals surface area contributed by atoms with E-state index in [-0.39, 0.29) is 12.5 Å². The zero-order chi connectivity index (χ0) is 16.8. The highest BCUT2D eigenvalue weighted by Crippen LogP contribution is 2.36. The molecule has 0 bridgehead atoms. The van der Waals surface area contributed by atoms with Gasteiger partial charge in [0.1, 0.15) is 0 Å². The largest absolute Gasteiger partial charge is 0.492 e. The van der Waals surface area contributed by atoms with Gasteiger partial charge in [-0.25, -0.2) is 0 Å². The Labute approximate surface area is 143 Å². The molecule has 0 unspecified atom stereocenters. The molecule has 0 radical (unpaired) electrons. The zero-order valence-corrected chi connectivity index (χ0v) is 14.5. The van der Waals surface area contributed by atoms with Gasteiger partial charge in [-0.15, -0.1) is 0 Å². The molecular weight excluding hydrogens is 362 g/mol. The van der Waals surface area contributed by atoms with Crippen LogP contribution in [0.4, 0.5) is 5.69 Å². The minimum atomic E-state index is -0.274. The van der Waals surface area contributed by atoms with Gasteiger partial charge < -0.3 is 19.9 Å². The smallest absolute Gasteiger partial charge is 0.255 e. The van der Waals surface area contributed by atoms with Gasteiger partial charge in [-0.05, 0) is 52.7 Å². The van der Waals surface area contributed by atoms with Gasteiger partial charge in [0.25, 0.3) is 5.91 Å². The molecule has 0 heterocycles. The van der Waals surface area contributed by atoms with Crippen LogP contribution in [0.3, 0.4) is 0 Å². The van der Waals surface area contributed by atoms with Crippen molar-refractivity contribution in [1.82, 2.24) is 0 Å². The third kappa shape index (κ3) is 4.24. The molecule has 1 amide bonds. The van der Waals surface area contributed by atoms with Gasteiger partial charge in [-0.2, -0.15) is 0 Å². The molecule has 0 aromatic heterocycles. The molecule has 2 rings (SSSR count). The summed E-state index contributed by atoms with van der Waals surface area (Å²) in [4.78, 5) is 12.4. The molecular formula is C17H18BrNO4. The lowest BCUT2D eigenvalue weighted by molar-refractivity contribution is 0.102. The van der Waals surface area contributed by atoms with E-state index in [4.69, 9.17) is 14.6 Å². The Bertz CT molecular complexity index is 703. The molecule has 2 aromatic carbocycles. The number of carbonyl (C=O) groups excluding carboxylic acids is 1. The number of hydrogen-bond acceptors (Lipinski definition) is 4. The number of aliphatic hydroxyl groups is 1. The van der Waals surface area contributed by atoms with E-state index in [2.05, 4.69) is 21.2 Å². The first-order chi connectivity index (χ1) is 11.1. The normalized spacial score (nSPS) is 10.3. The van der Waals surface area contributed by atoms with E-state index >= 15 is 0 Å². The third-order valence-electron chi connectivity index (χ3n) is 3.14. The van der Waals surface area contributed by atoms with Gasteiger partial charge in [0.15, 0.2) is 11.5 Å². The number of ether oxygens (including phenoxy) is 2. The SMILES string of the molecule is CCOc1cc(C(=O)Nc2cccc(CO)c2)cc(Br)c1OC. The maximum absolute atomic E-state index is 12.4. The molecule has 0 aliphatic carbocycles. The number of anilines is 1. The molecule has 122 valence electrons. The summed E-state index contributed by atoms with van der Waals surface area (Å²) in [7, 11) is 1.54. The standard InChI is InChI=1S/C17H18BrNO4/c1-3-23-15-9-12(8-14(18)16(15)22-2)17(21)19-13-6-4-5-11(7-13)10-20/h4-9,20H,3,10H2,1-2H3,(H,19,21). The Morgan fingerprint density at radius 1 is 1.30 bits per heavy atom. The fraction of sp³-hybridized carbons (Fsp3) is 0.235. The van der Waals surface area contributed by atoms with Crippen molar-refractivity contribution in [1.29, 1.82) is 0 Å². The van der Waals surface area contributed by atoms with Gasteiger partial charge in [0.05, 0.1) is 24.8 Å². The average molecular weight is 380 g/mol. The van der Waals surface area contributed by atoms with Crippen molar-refractivity contribution in [3.8, 4) is 11.5 Å². The average Bonchev–Trinajstić information content (AvgIpc) is 2.55. The molecule has 2 aromatic rings. The maximum Gasteiger partial charge on any atom is 0.255 e. The Balaban J connectivity index is 2.28. The van der Waals surface area contributed by atoms with Crippen LogP contribution in [-0.4, -0.2) is 24.7 Å². The molecule has 0 fully saturated rings. The fourth-order valence-corrected chi connectivity index (χ4v) is 2.71. The van der Waals surface area contributed by atoms with Crippen LogP contribution in [0.1, 0.15) is 22.8 Å². The quantitative estimate of drug-likeness (QED) is 0.804. The molecule has 6 heteroatoms. The number of nitrogens with one attached hydrogen (secondary N) is 1. The van der Waals surface area contributed by atoms with E-state index in [1.54, 1.807) is 43.5 Å². The number of methoxy groups -OCH3 is 1. The highest BCUT2D eigenvalue weighted by Gasteiger charge is 2.15. The summed E-state index contributed by atoms with van der Waals surface area (Å²) in [5.74, 6) is 0.772. The lowest BCUT2D eigenvalue weighted by Gasteiger charge is -2.13. The molecule has 0 atom stereocenters. The van der Waals surface area contributed by atoms with Crippen LogP contribution in [0.15, 0.2) is 40.9 Å². The predicted molar refractivity (Wildman–Crippen MR) is 92.2 cm³/mol. The molecule has 0 saturated heterocycles. The van der Waals surface area contributed by atoms with E-state index in [9.17, 15) is 4.79 Å². The van der Waals surface area contributed by atoms with Crippen molar-refractivity contribution in [2.24, 2.45) is 0 Å². The number of benzene rings is 2. The zero-order valence-electron chi connectivity index (χ0n) is 12.9. The number of halogens is 1. The van der Waals surface area contributed by atoms with Crippen LogP contribution in [0, 0.1) is 0 Å². The van der Waals surface area contributed by atoms with Crippen LogP contribution < -0.4 is 14.8 Å². The second-order valence-corrected chi connectivity index (χ2v) is 5.59. The monoisotopic (exact) mass is 379 g/mol. The molecule has 0 saturated carbocycles. The second-order valence-electron chi connectivity index (χ2n) is 4.74. The van der Waals surface area contributed by atoms with Crippen molar-refractivity contribution < 1.29 is 19.4 Å².